The van der Waals surface area contributed by atoms with Gasteiger partial charge >= 0.3 is 0 Å². The van der Waals surface area contributed by atoms with Crippen molar-refractivity contribution in [1.29, 1.82) is 0 Å². The van der Waals surface area contributed by atoms with Gasteiger partial charge in [0.1, 0.15) is 17.3 Å². The number of hydrogen-bond acceptors (Lipinski definition) is 2. The molecule has 1 fully saturated rings. The molecule has 1 aliphatic heterocycles. The third-order valence-corrected chi connectivity index (χ3v) is 4.74. The van der Waals surface area contributed by atoms with Gasteiger partial charge in [-0.15, -0.1) is 0 Å². The number of amides is 1. The van der Waals surface area contributed by atoms with Gasteiger partial charge in [-0.1, -0.05) is 29.8 Å². The second-order valence-electron chi connectivity index (χ2n) is 6.26. The molecule has 1 saturated heterocycles. The van der Waals surface area contributed by atoms with Crippen molar-refractivity contribution in [3.8, 4) is 0 Å². The van der Waals surface area contributed by atoms with Gasteiger partial charge in [0.25, 0.3) is 0 Å². The third-order valence-electron chi connectivity index (χ3n) is 4.49. The molecule has 0 aromatic heterocycles. The Kier molecular flexibility index (Phi) is 5.66. The number of carbonyl (C=O) groups is 1. The van der Waals surface area contributed by atoms with Crippen molar-refractivity contribution in [1.82, 2.24) is 4.90 Å². The molecular formula is C19H19ClF2N2O. The number of anilines is 1. The van der Waals surface area contributed by atoms with Gasteiger partial charge in [-0.3, -0.25) is 9.69 Å². The SMILES string of the molecule is O=C(Nc1c(F)cccc1F)C1CCN(Cc2ccc(Cl)cc2)CC1. The van der Waals surface area contributed by atoms with Crippen LogP contribution in [0.5, 0.6) is 0 Å². The Hall–Kier alpha value is -1.98. The molecule has 3 rings (SSSR count). The minimum Gasteiger partial charge on any atom is -0.321 e. The number of piperidine rings is 1. The highest BCUT2D eigenvalue weighted by molar-refractivity contribution is 6.30. The molecule has 2 aromatic carbocycles. The van der Waals surface area contributed by atoms with Crippen molar-refractivity contribution in [2.45, 2.75) is 19.4 Å². The Morgan fingerprint density at radius 1 is 1.08 bits per heavy atom. The predicted octanol–water partition coefficient (Wildman–Crippen LogP) is 4.47. The number of nitrogens with one attached hydrogen (secondary N) is 1. The zero-order chi connectivity index (χ0) is 17.8. The molecule has 25 heavy (non-hydrogen) atoms. The summed E-state index contributed by atoms with van der Waals surface area (Å²) in [6.07, 6.45) is 1.32. The summed E-state index contributed by atoms with van der Waals surface area (Å²) in [5, 5.41) is 3.10. The van der Waals surface area contributed by atoms with Gasteiger partial charge < -0.3 is 5.32 Å². The van der Waals surface area contributed by atoms with Crippen molar-refractivity contribution < 1.29 is 13.6 Å². The standard InChI is InChI=1S/C19H19ClF2N2O/c20-15-6-4-13(5-7-15)12-24-10-8-14(9-11-24)19(25)23-18-16(21)2-1-3-17(18)22/h1-7,14H,8-12H2,(H,23,25). The van der Waals surface area contributed by atoms with Gasteiger partial charge in [0.05, 0.1) is 0 Å². The highest BCUT2D eigenvalue weighted by atomic mass is 35.5. The fourth-order valence-electron chi connectivity index (χ4n) is 3.04. The molecule has 2 aromatic rings. The summed E-state index contributed by atoms with van der Waals surface area (Å²) >= 11 is 5.89. The van der Waals surface area contributed by atoms with Crippen LogP contribution in [0.1, 0.15) is 18.4 Å². The average molecular weight is 365 g/mol. The van der Waals surface area contributed by atoms with Gasteiger partial charge in [0.15, 0.2) is 0 Å². The molecule has 0 unspecified atom stereocenters. The van der Waals surface area contributed by atoms with Crippen molar-refractivity contribution in [3.63, 3.8) is 0 Å². The number of carbonyl (C=O) groups excluding carboxylic acids is 1. The molecular weight excluding hydrogens is 346 g/mol. The lowest BCUT2D eigenvalue weighted by atomic mass is 9.95. The topological polar surface area (TPSA) is 32.3 Å². The Balaban J connectivity index is 1.53. The molecule has 132 valence electrons. The van der Waals surface area contributed by atoms with Gasteiger partial charge in [-0.2, -0.15) is 0 Å². The van der Waals surface area contributed by atoms with Crippen LogP contribution in [0, 0.1) is 17.6 Å². The molecule has 1 N–H and O–H groups in total. The van der Waals surface area contributed by atoms with Gasteiger partial charge in [0, 0.05) is 17.5 Å². The third kappa shape index (κ3) is 4.55. The molecule has 0 radical (unpaired) electrons. The maximum Gasteiger partial charge on any atom is 0.227 e. The smallest absolute Gasteiger partial charge is 0.227 e. The maximum absolute atomic E-state index is 13.6. The van der Waals surface area contributed by atoms with E-state index in [1.165, 1.54) is 11.6 Å². The van der Waals surface area contributed by atoms with Crippen LogP contribution in [-0.4, -0.2) is 23.9 Å². The Morgan fingerprint density at radius 2 is 1.68 bits per heavy atom. The summed E-state index contributed by atoms with van der Waals surface area (Å²) in [5.74, 6) is -2.07. The van der Waals surface area contributed by atoms with E-state index < -0.39 is 11.6 Å². The monoisotopic (exact) mass is 364 g/mol. The lowest BCUT2D eigenvalue weighted by Gasteiger charge is -2.31. The van der Waals surface area contributed by atoms with Crippen LogP contribution in [0.4, 0.5) is 14.5 Å². The normalized spacial score (nSPS) is 16.0. The van der Waals surface area contributed by atoms with Crippen molar-refractivity contribution in [2.75, 3.05) is 18.4 Å². The van der Waals surface area contributed by atoms with E-state index in [0.717, 1.165) is 31.8 Å². The molecule has 0 atom stereocenters. The summed E-state index contributed by atoms with van der Waals surface area (Å²) in [6, 6.07) is 11.2. The summed E-state index contributed by atoms with van der Waals surface area (Å²) in [7, 11) is 0. The van der Waals surface area contributed by atoms with Crippen LogP contribution in [0.25, 0.3) is 0 Å². The number of halogens is 3. The van der Waals surface area contributed by atoms with Crippen molar-refractivity contribution in [2.24, 2.45) is 5.92 Å². The number of hydrogen-bond donors (Lipinski definition) is 1. The van der Waals surface area contributed by atoms with Crippen LogP contribution >= 0.6 is 11.6 Å². The van der Waals surface area contributed by atoms with E-state index in [0.29, 0.717) is 17.9 Å². The lowest BCUT2D eigenvalue weighted by molar-refractivity contribution is -0.121. The van der Waals surface area contributed by atoms with Crippen LogP contribution in [-0.2, 0) is 11.3 Å². The van der Waals surface area contributed by atoms with Crippen LogP contribution in [0.15, 0.2) is 42.5 Å². The van der Waals surface area contributed by atoms with E-state index in [1.807, 2.05) is 24.3 Å². The largest absolute Gasteiger partial charge is 0.321 e. The second kappa shape index (κ2) is 7.93. The summed E-state index contributed by atoms with van der Waals surface area (Å²) in [4.78, 5) is 14.6. The zero-order valence-corrected chi connectivity index (χ0v) is 14.4. The van der Waals surface area contributed by atoms with Crippen LogP contribution in [0.2, 0.25) is 5.02 Å². The molecule has 3 nitrogen and oxygen atoms in total. The highest BCUT2D eigenvalue weighted by Gasteiger charge is 2.26. The Labute approximate surface area is 150 Å². The molecule has 1 heterocycles. The highest BCUT2D eigenvalue weighted by Crippen LogP contribution is 2.23. The van der Waals surface area contributed by atoms with Gasteiger partial charge in [-0.25, -0.2) is 8.78 Å². The van der Waals surface area contributed by atoms with E-state index >= 15 is 0 Å². The number of nitrogens with zero attached hydrogens (tertiary/aromatic N) is 1. The summed E-state index contributed by atoms with van der Waals surface area (Å²) in [6.45, 7) is 2.33. The van der Waals surface area contributed by atoms with Gasteiger partial charge in [-0.05, 0) is 55.8 Å². The average Bonchev–Trinajstić information content (AvgIpc) is 2.61. The quantitative estimate of drug-likeness (QED) is 0.868. The van der Waals surface area contributed by atoms with E-state index in [1.54, 1.807) is 0 Å². The Morgan fingerprint density at radius 3 is 2.28 bits per heavy atom. The fraction of sp³-hybridized carbons (Fsp3) is 0.316. The van der Waals surface area contributed by atoms with Crippen LogP contribution < -0.4 is 5.32 Å². The van der Waals surface area contributed by atoms with E-state index in [-0.39, 0.29) is 17.5 Å². The van der Waals surface area contributed by atoms with Crippen molar-refractivity contribution in [3.05, 3.63) is 64.7 Å². The summed E-state index contributed by atoms with van der Waals surface area (Å²) < 4.78 is 27.3. The molecule has 0 aliphatic carbocycles. The molecule has 0 saturated carbocycles. The first-order valence-corrected chi connectivity index (χ1v) is 8.62. The maximum atomic E-state index is 13.6. The second-order valence-corrected chi connectivity index (χ2v) is 6.70. The number of rotatable bonds is 4. The minimum atomic E-state index is -0.756. The fourth-order valence-corrected chi connectivity index (χ4v) is 3.17. The zero-order valence-electron chi connectivity index (χ0n) is 13.6. The number of benzene rings is 2. The minimum absolute atomic E-state index is 0.236. The number of likely N-dealkylation sites (tertiary alicyclic amines) is 1. The summed E-state index contributed by atoms with van der Waals surface area (Å²) in [5.41, 5.74) is 0.803. The first kappa shape index (κ1) is 17.8. The molecule has 1 aliphatic rings. The Bertz CT molecular complexity index is 723. The molecule has 1 amide bonds. The van der Waals surface area contributed by atoms with Gasteiger partial charge in [0.2, 0.25) is 5.91 Å². The first-order chi connectivity index (χ1) is 12.0. The number of para-hydroxylation sites is 1. The van der Waals surface area contributed by atoms with E-state index in [2.05, 4.69) is 10.2 Å². The lowest BCUT2D eigenvalue weighted by Crippen LogP contribution is -2.38. The van der Waals surface area contributed by atoms with Crippen molar-refractivity contribution >= 4 is 23.2 Å². The molecule has 6 heteroatoms. The molecule has 0 bridgehead atoms. The predicted molar refractivity (Wildman–Crippen MR) is 94.4 cm³/mol. The van der Waals surface area contributed by atoms with E-state index in [9.17, 15) is 13.6 Å². The van der Waals surface area contributed by atoms with Crippen LogP contribution in [0.3, 0.4) is 0 Å². The van der Waals surface area contributed by atoms with E-state index in [4.69, 9.17) is 11.6 Å². The molecule has 0 spiro atoms. The first-order valence-electron chi connectivity index (χ1n) is 8.24.